The van der Waals surface area contributed by atoms with Gasteiger partial charge in [-0.15, -0.1) is 0 Å². The Balaban J connectivity index is 5.14. The molecular formula is C16H26O17. The van der Waals surface area contributed by atoms with Gasteiger partial charge in [-0.25, -0.2) is 38.7 Å². The molecule has 0 bridgehead atoms. The molecule has 9 N–H and O–H groups in total. The molecule has 0 heterocycles. The van der Waals surface area contributed by atoms with Gasteiger partial charge in [0.2, 0.25) is 0 Å². The second-order valence-electron chi connectivity index (χ2n) is 6.57. The van der Waals surface area contributed by atoms with Crippen molar-refractivity contribution >= 4 is 23.9 Å². The minimum absolute atomic E-state index is 0.973. The highest BCUT2D eigenvalue weighted by Gasteiger charge is 2.39. The molecular weight excluding hydrogens is 464 g/mol. The van der Waals surface area contributed by atoms with Gasteiger partial charge in [-0.1, -0.05) is 0 Å². The van der Waals surface area contributed by atoms with E-state index in [2.05, 4.69) is 19.6 Å². The minimum Gasteiger partial charge on any atom is -0.394 e. The fourth-order valence-corrected chi connectivity index (χ4v) is 1.95. The predicted octanol–water partition coefficient (Wildman–Crippen LogP) is -6.47. The van der Waals surface area contributed by atoms with Crippen molar-refractivity contribution in [3.63, 3.8) is 0 Å². The van der Waals surface area contributed by atoms with E-state index in [0.29, 0.717) is 0 Å². The van der Waals surface area contributed by atoms with Crippen LogP contribution in [0.25, 0.3) is 0 Å². The molecule has 0 saturated carbocycles. The van der Waals surface area contributed by atoms with Gasteiger partial charge < -0.3 is 46.0 Å². The number of carbonyl (C=O) groups excluding carboxylic acids is 4. The third kappa shape index (κ3) is 9.90. The molecule has 0 radical (unpaired) electrons. The van der Waals surface area contributed by atoms with Gasteiger partial charge in [0.15, 0.2) is 12.2 Å². The van der Waals surface area contributed by atoms with E-state index >= 15 is 0 Å². The van der Waals surface area contributed by atoms with E-state index in [0.717, 1.165) is 6.92 Å². The molecule has 0 amide bonds. The fourth-order valence-electron chi connectivity index (χ4n) is 1.95. The monoisotopic (exact) mass is 490 g/mol. The van der Waals surface area contributed by atoms with Crippen LogP contribution in [0, 0.1) is 5.92 Å². The number of hydrogen-bond acceptors (Lipinski definition) is 17. The van der Waals surface area contributed by atoms with Crippen molar-refractivity contribution in [2.75, 3.05) is 13.2 Å². The first-order chi connectivity index (χ1) is 15.3. The Morgan fingerprint density at radius 2 is 1.09 bits per heavy atom. The second-order valence-corrected chi connectivity index (χ2v) is 6.57. The van der Waals surface area contributed by atoms with Crippen LogP contribution < -0.4 is 0 Å². The summed E-state index contributed by atoms with van der Waals surface area (Å²) >= 11 is 0. The summed E-state index contributed by atoms with van der Waals surface area (Å²) in [6, 6.07) is 0. The third-order valence-electron chi connectivity index (χ3n) is 3.94. The Bertz CT molecular complexity index is 651. The molecule has 0 rings (SSSR count). The Morgan fingerprint density at radius 1 is 0.636 bits per heavy atom. The molecule has 192 valence electrons. The number of rotatable bonds is 12. The lowest BCUT2D eigenvalue weighted by atomic mass is 9.95. The molecule has 17 nitrogen and oxygen atoms in total. The molecule has 0 aromatic rings. The van der Waals surface area contributed by atoms with Crippen LogP contribution in [-0.2, 0) is 38.7 Å². The highest BCUT2D eigenvalue weighted by Crippen LogP contribution is 2.17. The van der Waals surface area contributed by atoms with Gasteiger partial charge in [0, 0.05) is 0 Å². The number of aliphatic hydroxyl groups excluding tert-OH is 9. The normalized spacial score (nSPS) is 18.5. The standard InChI is InChI=1S/C16H26O17/c1-5(19)14(27)31-30-9(22)2-6(10(23)7(20)3-17)15(28)32-33-16(29)13(26)12(25)11(24)8(21)4-18/h5-8,10-13,17-21,23-26H,2-4H2,1H3. The molecule has 0 aliphatic heterocycles. The van der Waals surface area contributed by atoms with E-state index in [-0.39, 0.29) is 0 Å². The molecule has 0 fully saturated rings. The molecule has 8 unspecified atom stereocenters. The summed E-state index contributed by atoms with van der Waals surface area (Å²) in [5.41, 5.74) is 0. The van der Waals surface area contributed by atoms with Crippen LogP contribution >= 0.6 is 0 Å². The van der Waals surface area contributed by atoms with Crippen LogP contribution in [0.5, 0.6) is 0 Å². The number of carbonyl (C=O) groups is 4. The highest BCUT2D eigenvalue weighted by atomic mass is 17.2. The molecule has 33 heavy (non-hydrogen) atoms. The molecule has 0 aromatic carbocycles. The van der Waals surface area contributed by atoms with Crippen molar-refractivity contribution in [1.29, 1.82) is 0 Å². The van der Waals surface area contributed by atoms with E-state index in [1.165, 1.54) is 0 Å². The number of aliphatic hydroxyl groups is 9. The van der Waals surface area contributed by atoms with Gasteiger partial charge >= 0.3 is 23.9 Å². The average molecular weight is 490 g/mol. The molecule has 0 aromatic heterocycles. The molecule has 0 spiro atoms. The van der Waals surface area contributed by atoms with Gasteiger partial charge in [-0.3, -0.25) is 0 Å². The zero-order chi connectivity index (χ0) is 25.9. The highest BCUT2D eigenvalue weighted by molar-refractivity contribution is 5.82. The smallest absolute Gasteiger partial charge is 0.386 e. The maximum Gasteiger partial charge on any atom is 0.386 e. The summed E-state index contributed by atoms with van der Waals surface area (Å²) < 4.78 is 0. The lowest BCUT2D eigenvalue weighted by Gasteiger charge is -2.24. The van der Waals surface area contributed by atoms with Crippen molar-refractivity contribution in [1.82, 2.24) is 0 Å². The quantitative estimate of drug-likeness (QED) is 0.0907. The lowest BCUT2D eigenvalue weighted by molar-refractivity contribution is -0.276. The summed E-state index contributed by atoms with van der Waals surface area (Å²) in [6.45, 7) is -1.18. The Labute approximate surface area is 184 Å². The third-order valence-corrected chi connectivity index (χ3v) is 3.94. The van der Waals surface area contributed by atoms with Crippen LogP contribution in [0.15, 0.2) is 0 Å². The zero-order valence-electron chi connectivity index (χ0n) is 17.0. The first-order valence-corrected chi connectivity index (χ1v) is 9.09. The summed E-state index contributed by atoms with van der Waals surface area (Å²) in [6.07, 6.45) is -16.3. The van der Waals surface area contributed by atoms with Gasteiger partial charge in [0.25, 0.3) is 0 Å². The maximum absolute atomic E-state index is 12.1. The first kappa shape index (κ1) is 30.5. The first-order valence-electron chi connectivity index (χ1n) is 9.09. The average Bonchev–Trinajstić information content (AvgIpc) is 2.80. The van der Waals surface area contributed by atoms with E-state index in [1.54, 1.807) is 0 Å². The summed E-state index contributed by atoms with van der Waals surface area (Å²) in [7, 11) is 0. The molecule has 0 saturated heterocycles. The van der Waals surface area contributed by atoms with Crippen LogP contribution in [0.3, 0.4) is 0 Å². The van der Waals surface area contributed by atoms with Crippen LogP contribution in [0.4, 0.5) is 0 Å². The summed E-state index contributed by atoms with van der Waals surface area (Å²) in [5.74, 6) is -8.67. The molecule has 0 aliphatic rings. The topological polar surface area (TPSA) is 287 Å². The Hall–Kier alpha value is -2.48. The Kier molecular flexibility index (Phi) is 13.5. The predicted molar refractivity (Wildman–Crippen MR) is 94.4 cm³/mol. The Morgan fingerprint density at radius 3 is 1.58 bits per heavy atom. The fraction of sp³-hybridized carbons (Fsp3) is 0.750. The van der Waals surface area contributed by atoms with E-state index in [4.69, 9.17) is 15.3 Å². The molecule has 17 heteroatoms. The van der Waals surface area contributed by atoms with Gasteiger partial charge in [0.1, 0.15) is 30.3 Å². The van der Waals surface area contributed by atoms with Crippen LogP contribution in [0.2, 0.25) is 0 Å². The molecule has 8 atom stereocenters. The van der Waals surface area contributed by atoms with E-state index in [1.807, 2.05) is 0 Å². The second kappa shape index (κ2) is 14.6. The van der Waals surface area contributed by atoms with Crippen molar-refractivity contribution in [2.24, 2.45) is 5.92 Å². The zero-order valence-corrected chi connectivity index (χ0v) is 17.0. The van der Waals surface area contributed by atoms with Gasteiger partial charge in [-0.2, -0.15) is 0 Å². The van der Waals surface area contributed by atoms with Gasteiger partial charge in [0.05, 0.1) is 25.7 Å². The number of hydrogen-bond donors (Lipinski definition) is 9. The summed E-state index contributed by atoms with van der Waals surface area (Å²) in [5, 5.41) is 83.6. The van der Waals surface area contributed by atoms with E-state index < -0.39 is 92.2 Å². The van der Waals surface area contributed by atoms with Gasteiger partial charge in [-0.05, 0) is 6.92 Å². The van der Waals surface area contributed by atoms with Crippen molar-refractivity contribution < 1.29 is 84.7 Å². The maximum atomic E-state index is 12.1. The lowest BCUT2D eigenvalue weighted by Crippen LogP contribution is -2.49. The van der Waals surface area contributed by atoms with Crippen molar-refractivity contribution in [3.8, 4) is 0 Å². The summed E-state index contributed by atoms with van der Waals surface area (Å²) in [4.78, 5) is 62.4. The van der Waals surface area contributed by atoms with Crippen molar-refractivity contribution in [2.45, 2.75) is 56.1 Å². The van der Waals surface area contributed by atoms with Crippen molar-refractivity contribution in [3.05, 3.63) is 0 Å². The largest absolute Gasteiger partial charge is 0.394 e. The van der Waals surface area contributed by atoms with Crippen LogP contribution in [0.1, 0.15) is 13.3 Å². The SMILES string of the molecule is CC(O)C(=O)OOC(=O)CC(C(=O)OOC(=O)C(O)C(O)C(O)C(O)CO)C(O)C(O)CO. The van der Waals surface area contributed by atoms with E-state index in [9.17, 15) is 49.8 Å². The van der Waals surface area contributed by atoms with Crippen LogP contribution in [-0.4, -0.2) is 126 Å². The minimum atomic E-state index is -2.61. The molecule has 0 aliphatic carbocycles.